The van der Waals surface area contributed by atoms with Crippen LogP contribution in [0.5, 0.6) is 0 Å². The zero-order valence-corrected chi connectivity index (χ0v) is 11.8. The SMILES string of the molecule is C=C(C)Cn1nnc(C=O)c1CCC1CCCCC1. The van der Waals surface area contributed by atoms with Crippen LogP contribution in [0, 0.1) is 5.92 Å². The van der Waals surface area contributed by atoms with Gasteiger partial charge in [-0.15, -0.1) is 5.10 Å². The van der Waals surface area contributed by atoms with Gasteiger partial charge in [-0.1, -0.05) is 49.5 Å². The summed E-state index contributed by atoms with van der Waals surface area (Å²) in [6.45, 7) is 6.52. The van der Waals surface area contributed by atoms with E-state index in [1.807, 2.05) is 11.6 Å². The number of nitrogens with zero attached hydrogens (tertiary/aromatic N) is 3. The standard InChI is InChI=1S/C15H23N3O/c1-12(2)10-18-15(14(11-19)16-17-18)9-8-13-6-4-3-5-7-13/h11,13H,1,3-10H2,2H3. The van der Waals surface area contributed by atoms with E-state index >= 15 is 0 Å². The predicted octanol–water partition coefficient (Wildman–Crippen LogP) is 3.18. The summed E-state index contributed by atoms with van der Waals surface area (Å²) in [6, 6.07) is 0. The molecule has 1 aromatic heterocycles. The number of aromatic nitrogens is 3. The quantitative estimate of drug-likeness (QED) is 0.583. The Hall–Kier alpha value is -1.45. The summed E-state index contributed by atoms with van der Waals surface area (Å²) in [5.41, 5.74) is 2.50. The van der Waals surface area contributed by atoms with Gasteiger partial charge >= 0.3 is 0 Å². The Morgan fingerprint density at radius 1 is 1.42 bits per heavy atom. The zero-order valence-electron chi connectivity index (χ0n) is 11.8. The van der Waals surface area contributed by atoms with Crippen molar-refractivity contribution in [1.29, 1.82) is 0 Å². The van der Waals surface area contributed by atoms with Crippen LogP contribution < -0.4 is 0 Å². The first kappa shape index (κ1) is 14.0. The molecule has 1 fully saturated rings. The highest BCUT2D eigenvalue weighted by Gasteiger charge is 2.17. The van der Waals surface area contributed by atoms with Gasteiger partial charge in [0.1, 0.15) is 5.69 Å². The number of rotatable bonds is 6. The lowest BCUT2D eigenvalue weighted by molar-refractivity contribution is 0.111. The van der Waals surface area contributed by atoms with Crippen LogP contribution in [0.3, 0.4) is 0 Å². The Morgan fingerprint density at radius 3 is 2.79 bits per heavy atom. The van der Waals surface area contributed by atoms with Gasteiger partial charge in [-0.05, 0) is 25.7 Å². The Morgan fingerprint density at radius 2 is 2.16 bits per heavy atom. The Labute approximate surface area is 114 Å². The fourth-order valence-electron chi connectivity index (χ4n) is 2.89. The molecule has 0 radical (unpaired) electrons. The van der Waals surface area contributed by atoms with Gasteiger partial charge in [0.05, 0.1) is 12.2 Å². The second kappa shape index (κ2) is 6.64. The maximum Gasteiger partial charge on any atom is 0.172 e. The van der Waals surface area contributed by atoms with Crippen LogP contribution in [0.1, 0.15) is 61.6 Å². The molecule has 1 aliphatic rings. The minimum absolute atomic E-state index is 0.497. The van der Waals surface area contributed by atoms with Gasteiger partial charge in [0.15, 0.2) is 6.29 Å². The first-order chi connectivity index (χ1) is 9.20. The van der Waals surface area contributed by atoms with Crippen molar-refractivity contribution < 1.29 is 4.79 Å². The predicted molar refractivity (Wildman–Crippen MR) is 75.1 cm³/mol. The maximum atomic E-state index is 11.0. The third-order valence-electron chi connectivity index (χ3n) is 3.91. The largest absolute Gasteiger partial charge is 0.296 e. The molecule has 0 N–H and O–H groups in total. The molecule has 0 atom stereocenters. The molecular weight excluding hydrogens is 238 g/mol. The summed E-state index contributed by atoms with van der Waals surface area (Å²) in [5, 5.41) is 8.02. The molecule has 1 saturated carbocycles. The molecule has 4 nitrogen and oxygen atoms in total. The molecule has 2 rings (SSSR count). The van der Waals surface area contributed by atoms with E-state index in [0.717, 1.165) is 36.3 Å². The molecule has 19 heavy (non-hydrogen) atoms. The molecular formula is C15H23N3O. The van der Waals surface area contributed by atoms with E-state index in [1.54, 1.807) is 0 Å². The molecule has 0 saturated heterocycles. The number of hydrogen-bond donors (Lipinski definition) is 0. The molecule has 0 spiro atoms. The zero-order chi connectivity index (χ0) is 13.7. The van der Waals surface area contributed by atoms with E-state index in [1.165, 1.54) is 32.1 Å². The van der Waals surface area contributed by atoms with Gasteiger partial charge in [-0.25, -0.2) is 4.68 Å². The summed E-state index contributed by atoms with van der Waals surface area (Å²) < 4.78 is 1.83. The summed E-state index contributed by atoms with van der Waals surface area (Å²) in [5.74, 6) is 0.807. The van der Waals surface area contributed by atoms with Gasteiger partial charge in [-0.2, -0.15) is 0 Å². The smallest absolute Gasteiger partial charge is 0.172 e. The van der Waals surface area contributed by atoms with Gasteiger partial charge < -0.3 is 0 Å². The van der Waals surface area contributed by atoms with E-state index in [4.69, 9.17) is 0 Å². The molecule has 1 aliphatic carbocycles. The molecule has 104 valence electrons. The molecule has 0 aliphatic heterocycles. The van der Waals surface area contributed by atoms with Gasteiger partial charge in [0.25, 0.3) is 0 Å². The van der Waals surface area contributed by atoms with Crippen molar-refractivity contribution in [1.82, 2.24) is 15.0 Å². The second-order valence-corrected chi connectivity index (χ2v) is 5.70. The van der Waals surface area contributed by atoms with Gasteiger partial charge in [-0.3, -0.25) is 4.79 Å². The monoisotopic (exact) mass is 261 g/mol. The Balaban J connectivity index is 2.02. The van der Waals surface area contributed by atoms with E-state index in [2.05, 4.69) is 16.9 Å². The Bertz CT molecular complexity index is 444. The van der Waals surface area contributed by atoms with Crippen molar-refractivity contribution in [3.05, 3.63) is 23.5 Å². The van der Waals surface area contributed by atoms with Crippen LogP contribution in [0.4, 0.5) is 0 Å². The molecule has 0 bridgehead atoms. The van der Waals surface area contributed by atoms with Crippen molar-refractivity contribution in [2.24, 2.45) is 5.92 Å². The number of hydrogen-bond acceptors (Lipinski definition) is 3. The molecule has 1 aromatic rings. The van der Waals surface area contributed by atoms with E-state index < -0.39 is 0 Å². The highest BCUT2D eigenvalue weighted by Crippen LogP contribution is 2.27. The van der Waals surface area contributed by atoms with Crippen LogP contribution in [0.2, 0.25) is 0 Å². The van der Waals surface area contributed by atoms with Crippen LogP contribution in [-0.2, 0) is 13.0 Å². The number of carbonyl (C=O) groups excluding carboxylic acids is 1. The van der Waals surface area contributed by atoms with Crippen molar-refractivity contribution >= 4 is 6.29 Å². The summed E-state index contributed by atoms with van der Waals surface area (Å²) in [7, 11) is 0. The topological polar surface area (TPSA) is 47.8 Å². The van der Waals surface area contributed by atoms with Crippen LogP contribution in [0.15, 0.2) is 12.2 Å². The number of aldehydes is 1. The van der Waals surface area contributed by atoms with Crippen molar-refractivity contribution in [2.45, 2.75) is 58.4 Å². The Kier molecular flexibility index (Phi) is 4.88. The van der Waals surface area contributed by atoms with Crippen molar-refractivity contribution in [3.63, 3.8) is 0 Å². The maximum absolute atomic E-state index is 11.0. The lowest BCUT2D eigenvalue weighted by Gasteiger charge is -2.21. The third-order valence-corrected chi connectivity index (χ3v) is 3.91. The third kappa shape index (κ3) is 3.75. The van der Waals surface area contributed by atoms with E-state index in [-0.39, 0.29) is 0 Å². The highest BCUT2D eigenvalue weighted by atomic mass is 16.1. The lowest BCUT2D eigenvalue weighted by Crippen LogP contribution is -2.11. The minimum Gasteiger partial charge on any atom is -0.296 e. The number of allylic oxidation sites excluding steroid dienone is 1. The van der Waals surface area contributed by atoms with Crippen LogP contribution in [-0.4, -0.2) is 21.3 Å². The van der Waals surface area contributed by atoms with Crippen LogP contribution in [0.25, 0.3) is 0 Å². The highest BCUT2D eigenvalue weighted by molar-refractivity contribution is 5.73. The minimum atomic E-state index is 0.497. The van der Waals surface area contributed by atoms with Crippen molar-refractivity contribution in [3.8, 4) is 0 Å². The fourth-order valence-corrected chi connectivity index (χ4v) is 2.89. The molecule has 4 heteroatoms. The molecule has 1 heterocycles. The average Bonchev–Trinajstić information content (AvgIpc) is 2.79. The summed E-state index contributed by atoms with van der Waals surface area (Å²) in [6.07, 6.45) is 9.62. The second-order valence-electron chi connectivity index (χ2n) is 5.70. The van der Waals surface area contributed by atoms with Gasteiger partial charge in [0, 0.05) is 0 Å². The van der Waals surface area contributed by atoms with Crippen LogP contribution >= 0.6 is 0 Å². The lowest BCUT2D eigenvalue weighted by atomic mass is 9.85. The van der Waals surface area contributed by atoms with Crippen molar-refractivity contribution in [2.75, 3.05) is 0 Å². The molecule has 0 amide bonds. The molecule has 0 aromatic carbocycles. The molecule has 0 unspecified atom stereocenters. The van der Waals surface area contributed by atoms with E-state index in [0.29, 0.717) is 12.2 Å². The van der Waals surface area contributed by atoms with Gasteiger partial charge in [0.2, 0.25) is 0 Å². The van der Waals surface area contributed by atoms with E-state index in [9.17, 15) is 4.79 Å². The summed E-state index contributed by atoms with van der Waals surface area (Å²) in [4.78, 5) is 11.0. The fraction of sp³-hybridized carbons (Fsp3) is 0.667. The number of carbonyl (C=O) groups is 1. The first-order valence-electron chi connectivity index (χ1n) is 7.22. The normalized spacial score (nSPS) is 16.5. The summed E-state index contributed by atoms with van der Waals surface area (Å²) >= 11 is 0. The first-order valence-corrected chi connectivity index (χ1v) is 7.22. The average molecular weight is 261 g/mol.